The van der Waals surface area contributed by atoms with Gasteiger partial charge in [-0.2, -0.15) is 0 Å². The highest BCUT2D eigenvalue weighted by atomic mass is 19.1. The molecule has 1 aliphatic rings. The summed E-state index contributed by atoms with van der Waals surface area (Å²) >= 11 is 0. The van der Waals surface area contributed by atoms with Crippen LogP contribution in [-0.4, -0.2) is 30.1 Å². The first-order valence-corrected chi connectivity index (χ1v) is 10.3. The van der Waals surface area contributed by atoms with Crippen molar-refractivity contribution < 1.29 is 32.2 Å². The Morgan fingerprint density at radius 1 is 0.879 bits per heavy atom. The van der Waals surface area contributed by atoms with Gasteiger partial charge in [-0.1, -0.05) is 36.4 Å². The molecule has 1 amide bonds. The number of ether oxygens (including phenoxy) is 2. The Kier molecular flexibility index (Phi) is 6.09. The first-order valence-electron chi connectivity index (χ1n) is 10.3. The predicted octanol–water partition coefficient (Wildman–Crippen LogP) is 5.10. The summed E-state index contributed by atoms with van der Waals surface area (Å²) in [5, 5.41) is 0. The van der Waals surface area contributed by atoms with E-state index < -0.39 is 47.7 Å². The van der Waals surface area contributed by atoms with Gasteiger partial charge in [-0.3, -0.25) is 9.69 Å². The fraction of sp³-hybridized carbons (Fsp3) is 0.200. The minimum atomic E-state index is -1.58. The number of rotatable bonds is 6. The molecule has 1 saturated heterocycles. The Bertz CT molecular complexity index is 1100. The maximum absolute atomic E-state index is 13.8. The Labute approximate surface area is 188 Å². The highest BCUT2D eigenvalue weighted by Gasteiger charge is 2.57. The van der Waals surface area contributed by atoms with E-state index in [9.17, 15) is 22.8 Å². The van der Waals surface area contributed by atoms with E-state index in [1.54, 1.807) is 6.92 Å². The normalized spacial score (nSPS) is 17.0. The highest BCUT2D eigenvalue weighted by molar-refractivity contribution is 5.81. The lowest BCUT2D eigenvalue weighted by molar-refractivity contribution is -0.144. The predicted molar refractivity (Wildman–Crippen MR) is 113 cm³/mol. The van der Waals surface area contributed by atoms with Crippen LogP contribution in [0, 0.1) is 17.5 Å². The summed E-state index contributed by atoms with van der Waals surface area (Å²) in [5.41, 5.74) is -0.336. The Morgan fingerprint density at radius 2 is 1.33 bits per heavy atom. The van der Waals surface area contributed by atoms with Crippen molar-refractivity contribution in [3.05, 3.63) is 107 Å². The van der Waals surface area contributed by atoms with E-state index >= 15 is 0 Å². The van der Waals surface area contributed by atoms with Crippen LogP contribution in [0.3, 0.4) is 0 Å². The molecule has 170 valence electrons. The third kappa shape index (κ3) is 4.16. The number of nitrogens with zero attached hydrogens (tertiary/aromatic N) is 1. The smallest absolute Gasteiger partial charge is 0.412 e. The van der Waals surface area contributed by atoms with Crippen molar-refractivity contribution in [1.82, 2.24) is 4.90 Å². The number of halogens is 3. The van der Waals surface area contributed by atoms with Gasteiger partial charge in [0.25, 0.3) is 0 Å². The van der Waals surface area contributed by atoms with Crippen LogP contribution in [0.1, 0.15) is 29.7 Å². The average Bonchev–Trinajstić information content (AvgIpc) is 3.08. The molecule has 1 atom stereocenters. The summed E-state index contributed by atoms with van der Waals surface area (Å²) in [6.07, 6.45) is -0.828. The molecule has 0 spiro atoms. The lowest BCUT2D eigenvalue weighted by Crippen LogP contribution is -2.40. The number of benzene rings is 3. The fourth-order valence-electron chi connectivity index (χ4n) is 4.13. The third-order valence-corrected chi connectivity index (χ3v) is 5.52. The van der Waals surface area contributed by atoms with Gasteiger partial charge in [0.15, 0.2) is 5.60 Å². The molecule has 3 aromatic carbocycles. The molecule has 4 rings (SSSR count). The first kappa shape index (κ1) is 22.4. The molecule has 1 aliphatic heterocycles. The van der Waals surface area contributed by atoms with E-state index in [-0.39, 0.29) is 6.61 Å². The topological polar surface area (TPSA) is 55.8 Å². The van der Waals surface area contributed by atoms with Crippen molar-refractivity contribution in [3.8, 4) is 0 Å². The minimum Gasteiger partial charge on any atom is -0.465 e. The molecule has 0 saturated carbocycles. The Morgan fingerprint density at radius 3 is 1.79 bits per heavy atom. The lowest BCUT2D eigenvalue weighted by Gasteiger charge is -2.36. The number of hydrogen-bond acceptors (Lipinski definition) is 4. The van der Waals surface area contributed by atoms with Gasteiger partial charge < -0.3 is 9.47 Å². The monoisotopic (exact) mass is 455 g/mol. The molecule has 0 aromatic heterocycles. The van der Waals surface area contributed by atoms with E-state index in [2.05, 4.69) is 0 Å². The number of cyclic esters (lactones) is 1. The number of carbonyl (C=O) groups is 2. The summed E-state index contributed by atoms with van der Waals surface area (Å²) < 4.78 is 52.2. The van der Waals surface area contributed by atoms with Gasteiger partial charge in [0.2, 0.25) is 0 Å². The van der Waals surface area contributed by atoms with Crippen molar-refractivity contribution >= 4 is 12.1 Å². The molecule has 33 heavy (non-hydrogen) atoms. The zero-order valence-corrected chi connectivity index (χ0v) is 17.6. The summed E-state index contributed by atoms with van der Waals surface area (Å²) in [6, 6.07) is 15.1. The van der Waals surface area contributed by atoms with Gasteiger partial charge in [0.05, 0.1) is 6.61 Å². The maximum Gasteiger partial charge on any atom is 0.412 e. The number of hydrogen-bond donors (Lipinski definition) is 0. The van der Waals surface area contributed by atoms with Gasteiger partial charge in [-0.25, -0.2) is 18.0 Å². The van der Waals surface area contributed by atoms with Crippen LogP contribution >= 0.6 is 0 Å². The van der Waals surface area contributed by atoms with Crippen LogP contribution in [-0.2, 0) is 19.9 Å². The van der Waals surface area contributed by atoms with Crippen molar-refractivity contribution in [2.75, 3.05) is 13.2 Å². The number of esters is 1. The van der Waals surface area contributed by atoms with Crippen molar-refractivity contribution in [3.63, 3.8) is 0 Å². The molecule has 1 heterocycles. The first-order chi connectivity index (χ1) is 15.8. The zero-order chi connectivity index (χ0) is 23.6. The molecule has 0 unspecified atom stereocenters. The van der Waals surface area contributed by atoms with Crippen LogP contribution in [0.5, 0.6) is 0 Å². The average molecular weight is 455 g/mol. The largest absolute Gasteiger partial charge is 0.465 e. The Balaban J connectivity index is 1.96. The lowest BCUT2D eigenvalue weighted by atomic mass is 9.77. The molecular formula is C25H20F3NO4. The fourth-order valence-corrected chi connectivity index (χ4v) is 4.13. The molecular weight excluding hydrogens is 435 g/mol. The highest BCUT2D eigenvalue weighted by Crippen LogP contribution is 2.52. The van der Waals surface area contributed by atoms with E-state index in [0.29, 0.717) is 16.7 Å². The van der Waals surface area contributed by atoms with Crippen LogP contribution in [0.15, 0.2) is 72.8 Å². The van der Waals surface area contributed by atoms with Crippen LogP contribution in [0.25, 0.3) is 0 Å². The Hall–Kier alpha value is -3.81. The summed E-state index contributed by atoms with van der Waals surface area (Å²) in [7, 11) is 0. The SMILES string of the molecule is CCOC(=O)CN1C(=O)OC(c2ccc(F)cc2)(c2ccc(F)cc2)[C@@H]1c1ccc(F)cc1. The number of amides is 1. The maximum atomic E-state index is 13.8. The minimum absolute atomic E-state index is 0.115. The molecule has 0 bridgehead atoms. The van der Waals surface area contributed by atoms with Crippen molar-refractivity contribution in [2.24, 2.45) is 0 Å². The summed E-state index contributed by atoms with van der Waals surface area (Å²) in [5.74, 6) is -2.15. The van der Waals surface area contributed by atoms with Crippen molar-refractivity contribution in [2.45, 2.75) is 18.6 Å². The van der Waals surface area contributed by atoms with E-state index in [0.717, 1.165) is 0 Å². The molecule has 3 aromatic rings. The van der Waals surface area contributed by atoms with E-state index in [1.807, 2.05) is 0 Å². The zero-order valence-electron chi connectivity index (χ0n) is 17.6. The van der Waals surface area contributed by atoms with E-state index in [1.165, 1.54) is 77.7 Å². The molecule has 0 radical (unpaired) electrons. The second-order valence-corrected chi connectivity index (χ2v) is 7.50. The molecule has 8 heteroatoms. The molecule has 0 aliphatic carbocycles. The second kappa shape index (κ2) is 8.97. The van der Waals surface area contributed by atoms with E-state index in [4.69, 9.17) is 9.47 Å². The van der Waals surface area contributed by atoms with Gasteiger partial charge in [0.1, 0.15) is 30.0 Å². The van der Waals surface area contributed by atoms with Gasteiger partial charge >= 0.3 is 12.1 Å². The standard InChI is InChI=1S/C25H20F3NO4/c1-2-32-22(30)15-29-23(16-3-9-19(26)10-4-16)25(33-24(29)31,17-5-11-20(27)12-6-17)18-7-13-21(28)14-8-18/h3-14,23H,2,15H2,1H3/t23-/m0/s1. The van der Waals surface area contributed by atoms with Crippen LogP contribution in [0.4, 0.5) is 18.0 Å². The quantitative estimate of drug-likeness (QED) is 0.485. The van der Waals surface area contributed by atoms with Crippen molar-refractivity contribution in [1.29, 1.82) is 0 Å². The molecule has 1 fully saturated rings. The van der Waals surface area contributed by atoms with Gasteiger partial charge in [0, 0.05) is 11.1 Å². The number of carbonyl (C=O) groups excluding carboxylic acids is 2. The van der Waals surface area contributed by atoms with Crippen LogP contribution < -0.4 is 0 Å². The molecule has 5 nitrogen and oxygen atoms in total. The summed E-state index contributed by atoms with van der Waals surface area (Å²) in [4.78, 5) is 26.6. The summed E-state index contributed by atoms with van der Waals surface area (Å²) in [6.45, 7) is 1.32. The van der Waals surface area contributed by atoms with Crippen LogP contribution in [0.2, 0.25) is 0 Å². The van der Waals surface area contributed by atoms with Gasteiger partial charge in [-0.15, -0.1) is 0 Å². The van der Waals surface area contributed by atoms with Gasteiger partial charge in [-0.05, 0) is 48.9 Å². The molecule has 0 N–H and O–H groups in total. The third-order valence-electron chi connectivity index (χ3n) is 5.52. The second-order valence-electron chi connectivity index (χ2n) is 7.50.